The average Bonchev–Trinajstić information content (AvgIpc) is 3.34. The molecule has 0 amide bonds. The highest BCUT2D eigenvalue weighted by molar-refractivity contribution is 5.68. The van der Waals surface area contributed by atoms with E-state index in [2.05, 4.69) is 15.4 Å². The zero-order valence-electron chi connectivity index (χ0n) is 27.6. The molecular weight excluding hydrogens is 683 g/mol. The van der Waals surface area contributed by atoms with Crippen molar-refractivity contribution in [3.8, 4) is 0 Å². The summed E-state index contributed by atoms with van der Waals surface area (Å²) >= 11 is 0. The summed E-state index contributed by atoms with van der Waals surface area (Å²) in [6.07, 6.45) is -11.4. The maximum absolute atomic E-state index is 14.5. The molecule has 0 radical (unpaired) electrons. The lowest BCUT2D eigenvalue weighted by Crippen LogP contribution is -2.34. The van der Waals surface area contributed by atoms with E-state index in [1.165, 1.54) is 31.9 Å². The topological polar surface area (TPSA) is 87.4 Å². The van der Waals surface area contributed by atoms with E-state index in [-0.39, 0.29) is 53.4 Å². The van der Waals surface area contributed by atoms with Crippen LogP contribution < -0.4 is 9.80 Å². The molecule has 1 N–H and O–H groups in total. The molecule has 1 aliphatic heterocycles. The second kappa shape index (κ2) is 13.9. The Morgan fingerprint density at radius 3 is 2.00 bits per heavy atom. The number of hydrogen-bond donors (Lipinski definition) is 1. The van der Waals surface area contributed by atoms with Crippen molar-refractivity contribution in [2.24, 2.45) is 18.9 Å². The van der Waals surface area contributed by atoms with Gasteiger partial charge in [-0.1, -0.05) is 11.2 Å². The van der Waals surface area contributed by atoms with Crippen LogP contribution >= 0.6 is 0 Å². The van der Waals surface area contributed by atoms with Gasteiger partial charge in [-0.3, -0.25) is 4.79 Å². The third-order valence-electron chi connectivity index (χ3n) is 9.67. The zero-order valence-corrected chi connectivity index (χ0v) is 27.6. The number of carbonyl (C=O) groups is 1. The molecule has 2 aliphatic rings. The van der Waals surface area contributed by atoms with E-state index in [9.17, 15) is 49.4 Å². The Hall–Kier alpha value is -4.05. The summed E-state index contributed by atoms with van der Waals surface area (Å²) in [5, 5.41) is 21.3. The molecule has 1 saturated carbocycles. The molecule has 1 atom stereocenters. The highest BCUT2D eigenvalue weighted by Crippen LogP contribution is 2.47. The lowest BCUT2D eigenvalue weighted by Gasteiger charge is -2.37. The second-order valence-electron chi connectivity index (χ2n) is 13.3. The molecule has 0 saturated heterocycles. The molecule has 0 unspecified atom stereocenters. The van der Waals surface area contributed by atoms with Gasteiger partial charge in [-0.15, -0.1) is 5.10 Å². The number of aryl methyl sites for hydroxylation is 2. The van der Waals surface area contributed by atoms with E-state index in [1.54, 1.807) is 0 Å². The second-order valence-corrected chi connectivity index (χ2v) is 13.3. The van der Waals surface area contributed by atoms with Crippen LogP contribution in [0.2, 0.25) is 0 Å². The normalized spacial score (nSPS) is 20.4. The summed E-state index contributed by atoms with van der Waals surface area (Å²) in [6.45, 7) is 2.89. The number of tetrazole rings is 1. The number of halogens is 9. The summed E-state index contributed by atoms with van der Waals surface area (Å²) in [5.41, 5.74) is -3.57. The third kappa shape index (κ3) is 8.28. The van der Waals surface area contributed by atoms with Gasteiger partial charge < -0.3 is 14.9 Å². The Morgan fingerprint density at radius 2 is 1.48 bits per heavy atom. The number of carboxylic acid groups (broad SMARTS) is 1. The van der Waals surface area contributed by atoms with Crippen LogP contribution in [0.15, 0.2) is 24.3 Å². The first-order valence-electron chi connectivity index (χ1n) is 16.2. The number of aromatic nitrogens is 4. The van der Waals surface area contributed by atoms with Crippen molar-refractivity contribution in [1.29, 1.82) is 0 Å². The minimum Gasteiger partial charge on any atom is -0.481 e. The zero-order chi connectivity index (χ0) is 36.8. The smallest absolute Gasteiger partial charge is 0.416 e. The molecule has 2 aromatic carbocycles. The van der Waals surface area contributed by atoms with Crippen molar-refractivity contribution >= 4 is 17.6 Å². The van der Waals surface area contributed by atoms with Crippen molar-refractivity contribution in [3.63, 3.8) is 0 Å². The van der Waals surface area contributed by atoms with Gasteiger partial charge in [0.15, 0.2) is 0 Å². The van der Waals surface area contributed by atoms with Gasteiger partial charge in [0.2, 0.25) is 0 Å². The summed E-state index contributed by atoms with van der Waals surface area (Å²) in [6, 6.07) is 1.82. The first kappa shape index (κ1) is 37.2. The van der Waals surface area contributed by atoms with E-state index in [0.717, 1.165) is 4.80 Å². The predicted molar refractivity (Wildman–Crippen MR) is 164 cm³/mol. The van der Waals surface area contributed by atoms with E-state index < -0.39 is 53.8 Å². The Kier molecular flexibility index (Phi) is 10.4. The molecule has 17 heteroatoms. The fourth-order valence-corrected chi connectivity index (χ4v) is 7.56. The number of carboxylic acids is 1. The van der Waals surface area contributed by atoms with Crippen LogP contribution in [0.5, 0.6) is 0 Å². The van der Waals surface area contributed by atoms with Crippen LogP contribution in [0, 0.1) is 25.7 Å². The first-order chi connectivity index (χ1) is 23.2. The van der Waals surface area contributed by atoms with Crippen molar-refractivity contribution in [2.75, 3.05) is 22.9 Å². The van der Waals surface area contributed by atoms with E-state index >= 15 is 0 Å². The monoisotopic (exact) mass is 720 g/mol. The number of aliphatic carboxylic acids is 1. The van der Waals surface area contributed by atoms with Crippen LogP contribution in [-0.2, 0) is 36.9 Å². The summed E-state index contributed by atoms with van der Waals surface area (Å²) in [5.74, 6) is -0.904. The molecule has 3 aromatic rings. The Labute approximate surface area is 282 Å². The molecule has 8 nitrogen and oxygen atoms in total. The largest absolute Gasteiger partial charge is 0.481 e. The number of fused-ring (bicyclic) bond motifs is 1. The molecule has 0 bridgehead atoms. The van der Waals surface area contributed by atoms with E-state index in [4.69, 9.17) is 0 Å². The molecule has 2 heterocycles. The van der Waals surface area contributed by atoms with Crippen molar-refractivity contribution < 1.29 is 49.4 Å². The lowest BCUT2D eigenvalue weighted by atomic mass is 9.80. The maximum atomic E-state index is 14.5. The number of hydrogen-bond acceptors (Lipinski definition) is 6. The fourth-order valence-electron chi connectivity index (χ4n) is 7.56. The maximum Gasteiger partial charge on any atom is 0.416 e. The van der Waals surface area contributed by atoms with Crippen LogP contribution in [-0.4, -0.2) is 44.4 Å². The van der Waals surface area contributed by atoms with Gasteiger partial charge in [-0.25, -0.2) is 0 Å². The van der Waals surface area contributed by atoms with Crippen LogP contribution in [0.1, 0.15) is 89.9 Å². The quantitative estimate of drug-likeness (QED) is 0.234. The average molecular weight is 721 g/mol. The van der Waals surface area contributed by atoms with Gasteiger partial charge in [-0.2, -0.15) is 44.3 Å². The summed E-state index contributed by atoms with van der Waals surface area (Å²) in [7, 11) is 1.43. The molecular formula is C33H37F9N6O2. The van der Waals surface area contributed by atoms with Gasteiger partial charge in [0, 0.05) is 31.7 Å². The van der Waals surface area contributed by atoms with Crippen molar-refractivity contribution in [2.45, 2.75) is 89.9 Å². The molecule has 5 rings (SSSR count). The number of benzene rings is 2. The van der Waals surface area contributed by atoms with Crippen LogP contribution in [0.3, 0.4) is 0 Å². The SMILES string of the molecule is Cc1cc2c(c(C)c1C(F)(F)F)N(C[C@H]1CC[C@H](CC(=O)O)CC1)CCC[C@@H]2N(Cc1cc(C(F)(F)F)cc(C(F)(F)F)c1)c1nnn(C)n1. The van der Waals surface area contributed by atoms with Crippen LogP contribution in [0.4, 0.5) is 51.1 Å². The molecule has 274 valence electrons. The highest BCUT2D eigenvalue weighted by Gasteiger charge is 2.41. The standard InChI is InChI=1S/C33H37F9N6O2/c1-18-11-25-26(48(30-43-45-46(3)44-30)17-22-12-23(31(34,35)36)15-24(13-22)32(37,38)39)5-4-10-47(29(25)19(2)28(18)33(40,41)42)16-21-8-6-20(7-9-21)14-27(49)50/h11-13,15,20-21,26H,4-10,14,16-17H2,1-3H3,(H,49,50)/t20-,21-,26-/m0/s1. The minimum atomic E-state index is -5.09. The van der Waals surface area contributed by atoms with Gasteiger partial charge in [-0.05, 0) is 110 Å². The van der Waals surface area contributed by atoms with Gasteiger partial charge in [0.05, 0.1) is 29.8 Å². The van der Waals surface area contributed by atoms with E-state index in [0.29, 0.717) is 68.6 Å². The molecule has 0 spiro atoms. The first-order valence-corrected chi connectivity index (χ1v) is 16.2. The van der Waals surface area contributed by atoms with Gasteiger partial charge in [0.1, 0.15) is 0 Å². The van der Waals surface area contributed by atoms with Gasteiger partial charge >= 0.3 is 24.5 Å². The van der Waals surface area contributed by atoms with Crippen LogP contribution in [0.25, 0.3) is 0 Å². The lowest BCUT2D eigenvalue weighted by molar-refractivity contribution is -0.143. The van der Waals surface area contributed by atoms with Crippen molar-refractivity contribution in [3.05, 3.63) is 63.2 Å². The number of nitrogens with zero attached hydrogens (tertiary/aromatic N) is 6. The highest BCUT2D eigenvalue weighted by atomic mass is 19.4. The fraction of sp³-hybridized carbons (Fsp3) is 0.576. The Balaban J connectivity index is 1.61. The molecule has 50 heavy (non-hydrogen) atoms. The summed E-state index contributed by atoms with van der Waals surface area (Å²) in [4.78, 5) is 15.6. The molecule has 1 aromatic heterocycles. The van der Waals surface area contributed by atoms with Crippen molar-refractivity contribution in [1.82, 2.24) is 20.2 Å². The minimum absolute atomic E-state index is 0.0209. The van der Waals surface area contributed by atoms with Gasteiger partial charge in [0.25, 0.3) is 5.95 Å². The number of alkyl halides is 9. The number of anilines is 2. The summed E-state index contributed by atoms with van der Waals surface area (Å²) < 4.78 is 126. The Bertz CT molecular complexity index is 1660. The number of rotatable bonds is 8. The predicted octanol–water partition coefficient (Wildman–Crippen LogP) is 8.51. The Morgan fingerprint density at radius 1 is 0.880 bits per heavy atom. The molecule has 1 aliphatic carbocycles. The van der Waals surface area contributed by atoms with E-state index in [1.807, 2.05) is 4.90 Å². The molecule has 1 fully saturated rings. The third-order valence-corrected chi connectivity index (χ3v) is 9.67.